The number of fused-ring (bicyclic) bond motifs is 1. The number of piperidine rings is 1. The molecule has 0 spiro atoms. The highest BCUT2D eigenvalue weighted by molar-refractivity contribution is 5.98. The van der Waals surface area contributed by atoms with Gasteiger partial charge in [0, 0.05) is 37.5 Å². The van der Waals surface area contributed by atoms with Gasteiger partial charge in [0.2, 0.25) is 5.91 Å². The van der Waals surface area contributed by atoms with Crippen LogP contribution in [-0.4, -0.2) is 50.6 Å². The average molecular weight is 438 g/mol. The smallest absolute Gasteiger partial charge is 0.252 e. The number of hydrogen-bond acceptors (Lipinski definition) is 4. The predicted molar refractivity (Wildman–Crippen MR) is 123 cm³/mol. The van der Waals surface area contributed by atoms with Gasteiger partial charge in [-0.1, -0.05) is 38.5 Å². The lowest BCUT2D eigenvalue weighted by molar-refractivity contribution is -0.135. The van der Waals surface area contributed by atoms with Crippen molar-refractivity contribution in [2.75, 3.05) is 13.1 Å². The number of carbonyl (C=O) groups is 2. The van der Waals surface area contributed by atoms with Crippen LogP contribution in [0.5, 0.6) is 0 Å². The number of hydrogen-bond donors (Lipinski definition) is 1. The van der Waals surface area contributed by atoms with Gasteiger partial charge in [0.15, 0.2) is 0 Å². The summed E-state index contributed by atoms with van der Waals surface area (Å²) in [6, 6.07) is 6.94. The maximum absolute atomic E-state index is 13.5. The predicted octanol–water partition coefficient (Wildman–Crippen LogP) is 3.47. The van der Waals surface area contributed by atoms with Crippen LogP contribution in [0.2, 0.25) is 0 Å². The summed E-state index contributed by atoms with van der Waals surface area (Å²) in [5, 5.41) is 12.0. The fourth-order valence-electron chi connectivity index (χ4n) is 4.95. The number of likely N-dealkylation sites (tertiary alicyclic amines) is 1. The van der Waals surface area contributed by atoms with E-state index < -0.39 is 6.04 Å². The van der Waals surface area contributed by atoms with Crippen LogP contribution < -0.4 is 5.32 Å². The minimum absolute atomic E-state index is 0.000193. The maximum Gasteiger partial charge on any atom is 0.252 e. The molecule has 0 saturated carbocycles. The molecule has 2 aliphatic rings. The van der Waals surface area contributed by atoms with Crippen LogP contribution in [0.25, 0.3) is 0 Å². The molecule has 2 atom stereocenters. The SMILES string of the molecule is Cc1ccccc1C(=O)N[C@H](C(=O)N1CCC[C@H](c2nnc3n2CCCCC3)C1)C(C)C. The fourth-order valence-corrected chi connectivity index (χ4v) is 4.95. The molecule has 1 saturated heterocycles. The van der Waals surface area contributed by atoms with Gasteiger partial charge in [-0.05, 0) is 50.2 Å². The van der Waals surface area contributed by atoms with Crippen molar-refractivity contribution < 1.29 is 9.59 Å². The van der Waals surface area contributed by atoms with E-state index in [1.807, 2.05) is 43.9 Å². The molecule has 7 nitrogen and oxygen atoms in total. The summed E-state index contributed by atoms with van der Waals surface area (Å²) in [4.78, 5) is 28.4. The van der Waals surface area contributed by atoms with Gasteiger partial charge in [-0.15, -0.1) is 10.2 Å². The topological polar surface area (TPSA) is 80.1 Å². The molecule has 1 N–H and O–H groups in total. The minimum atomic E-state index is -0.545. The average Bonchev–Trinajstić information content (AvgIpc) is 3.05. The summed E-state index contributed by atoms with van der Waals surface area (Å²) < 4.78 is 2.30. The first-order valence-corrected chi connectivity index (χ1v) is 12.0. The Kier molecular flexibility index (Phi) is 6.92. The molecule has 1 aromatic carbocycles. The van der Waals surface area contributed by atoms with E-state index in [0.29, 0.717) is 12.1 Å². The molecule has 0 unspecified atom stereocenters. The number of nitrogens with one attached hydrogen (secondary N) is 1. The monoisotopic (exact) mass is 437 g/mol. The molecule has 0 bridgehead atoms. The van der Waals surface area contributed by atoms with Gasteiger partial charge in [0.1, 0.15) is 17.7 Å². The summed E-state index contributed by atoms with van der Waals surface area (Å²) in [5.74, 6) is 2.14. The zero-order chi connectivity index (χ0) is 22.7. The van der Waals surface area contributed by atoms with Crippen molar-refractivity contribution in [2.24, 2.45) is 5.92 Å². The van der Waals surface area contributed by atoms with E-state index in [9.17, 15) is 9.59 Å². The Morgan fingerprint density at radius 1 is 1.06 bits per heavy atom. The van der Waals surface area contributed by atoms with Gasteiger partial charge in [0.25, 0.3) is 5.91 Å². The molecule has 2 amide bonds. The maximum atomic E-state index is 13.5. The largest absolute Gasteiger partial charge is 0.340 e. The summed E-state index contributed by atoms with van der Waals surface area (Å²) in [5.41, 5.74) is 1.53. The van der Waals surface area contributed by atoms with Gasteiger partial charge in [-0.3, -0.25) is 9.59 Å². The lowest BCUT2D eigenvalue weighted by Crippen LogP contribution is -2.53. The van der Waals surface area contributed by atoms with E-state index in [2.05, 4.69) is 20.1 Å². The summed E-state index contributed by atoms with van der Waals surface area (Å²) in [7, 11) is 0. The molecule has 172 valence electrons. The third kappa shape index (κ3) is 4.71. The third-order valence-electron chi connectivity index (χ3n) is 6.85. The second kappa shape index (κ2) is 9.84. The molecular weight excluding hydrogens is 402 g/mol. The van der Waals surface area contributed by atoms with Gasteiger partial charge in [0.05, 0.1) is 0 Å². The zero-order valence-corrected chi connectivity index (χ0v) is 19.5. The number of nitrogens with zero attached hydrogens (tertiary/aromatic N) is 4. The van der Waals surface area contributed by atoms with Gasteiger partial charge in [-0.2, -0.15) is 0 Å². The first kappa shape index (κ1) is 22.5. The van der Waals surface area contributed by atoms with Gasteiger partial charge >= 0.3 is 0 Å². The summed E-state index contributed by atoms with van der Waals surface area (Å²) in [6.45, 7) is 8.22. The van der Waals surface area contributed by atoms with Crippen LogP contribution in [0.4, 0.5) is 0 Å². The van der Waals surface area contributed by atoms with Crippen LogP contribution in [0.3, 0.4) is 0 Å². The van der Waals surface area contributed by atoms with Gasteiger partial charge in [-0.25, -0.2) is 0 Å². The number of rotatable bonds is 5. The van der Waals surface area contributed by atoms with E-state index in [4.69, 9.17) is 0 Å². The standard InChI is InChI=1S/C25H35N5O2/c1-17(2)22(26-24(31)20-12-7-6-10-18(20)3)25(32)29-14-9-11-19(16-29)23-28-27-21-13-5-4-8-15-30(21)23/h6-7,10,12,17,19,22H,4-5,8-9,11,13-16H2,1-3H3,(H,26,31)/t19-,22-/m0/s1. The normalized spacial score (nSPS) is 19.9. The highest BCUT2D eigenvalue weighted by atomic mass is 16.2. The molecule has 7 heteroatoms. The Balaban J connectivity index is 1.48. The summed E-state index contributed by atoms with van der Waals surface area (Å²) >= 11 is 0. The summed E-state index contributed by atoms with van der Waals surface area (Å²) in [6.07, 6.45) is 6.51. The Hall–Kier alpha value is -2.70. The van der Waals surface area contributed by atoms with E-state index in [-0.39, 0.29) is 23.7 Å². The number of benzene rings is 1. The Morgan fingerprint density at radius 2 is 1.88 bits per heavy atom. The van der Waals surface area contributed by atoms with Crippen molar-refractivity contribution >= 4 is 11.8 Å². The zero-order valence-electron chi connectivity index (χ0n) is 19.5. The van der Waals surface area contributed by atoms with E-state index in [1.54, 1.807) is 6.07 Å². The van der Waals surface area contributed by atoms with Crippen molar-refractivity contribution in [3.8, 4) is 0 Å². The Bertz CT molecular complexity index is 967. The number of carbonyl (C=O) groups excluding carboxylic acids is 2. The lowest BCUT2D eigenvalue weighted by Gasteiger charge is -2.36. The highest BCUT2D eigenvalue weighted by Crippen LogP contribution is 2.28. The van der Waals surface area contributed by atoms with Crippen molar-refractivity contribution in [1.82, 2.24) is 25.0 Å². The van der Waals surface area contributed by atoms with E-state index >= 15 is 0 Å². The third-order valence-corrected chi connectivity index (χ3v) is 6.85. The molecule has 1 aromatic heterocycles. The van der Waals surface area contributed by atoms with Gasteiger partial charge < -0.3 is 14.8 Å². The number of aromatic nitrogens is 3. The number of aryl methyl sites for hydroxylation is 2. The Labute approximate surface area is 190 Å². The molecule has 2 aliphatic heterocycles. The van der Waals surface area contributed by atoms with Crippen molar-refractivity contribution in [1.29, 1.82) is 0 Å². The van der Waals surface area contributed by atoms with Crippen molar-refractivity contribution in [2.45, 2.75) is 77.8 Å². The Morgan fingerprint density at radius 3 is 2.66 bits per heavy atom. The van der Waals surface area contributed by atoms with Crippen LogP contribution >= 0.6 is 0 Å². The molecule has 0 aliphatic carbocycles. The molecular formula is C25H35N5O2. The molecule has 2 aromatic rings. The van der Waals surface area contributed by atoms with Crippen molar-refractivity contribution in [3.63, 3.8) is 0 Å². The van der Waals surface area contributed by atoms with Crippen LogP contribution in [0.1, 0.15) is 79.4 Å². The number of amides is 2. The molecule has 32 heavy (non-hydrogen) atoms. The van der Waals surface area contributed by atoms with Crippen LogP contribution in [-0.2, 0) is 17.8 Å². The van der Waals surface area contributed by atoms with Crippen LogP contribution in [0, 0.1) is 12.8 Å². The van der Waals surface area contributed by atoms with E-state index in [0.717, 1.165) is 56.0 Å². The second-order valence-corrected chi connectivity index (χ2v) is 9.57. The highest BCUT2D eigenvalue weighted by Gasteiger charge is 2.34. The van der Waals surface area contributed by atoms with Crippen LogP contribution in [0.15, 0.2) is 24.3 Å². The minimum Gasteiger partial charge on any atom is -0.340 e. The molecule has 1 fully saturated rings. The fraction of sp³-hybridized carbons (Fsp3) is 0.600. The molecule has 0 radical (unpaired) electrons. The first-order valence-electron chi connectivity index (χ1n) is 12.0. The molecule has 3 heterocycles. The van der Waals surface area contributed by atoms with E-state index in [1.165, 1.54) is 12.8 Å². The lowest BCUT2D eigenvalue weighted by atomic mass is 9.94. The quantitative estimate of drug-likeness (QED) is 0.777. The molecule has 4 rings (SSSR count). The first-order chi connectivity index (χ1) is 15.5. The second-order valence-electron chi connectivity index (χ2n) is 9.57. The van der Waals surface area contributed by atoms with Crippen molar-refractivity contribution in [3.05, 3.63) is 47.0 Å².